The summed E-state index contributed by atoms with van der Waals surface area (Å²) in [5.41, 5.74) is -0.244. The topological polar surface area (TPSA) is 52.6 Å². The Kier molecular flexibility index (Phi) is 5.26. The van der Waals surface area contributed by atoms with Gasteiger partial charge in [0.15, 0.2) is 11.6 Å². The van der Waals surface area contributed by atoms with Crippen molar-refractivity contribution in [2.24, 2.45) is 0 Å². The Labute approximate surface area is 104 Å². The highest BCUT2D eigenvalue weighted by atomic mass is 19.2. The van der Waals surface area contributed by atoms with Gasteiger partial charge in [-0.15, -0.1) is 6.58 Å². The fourth-order valence-electron chi connectivity index (χ4n) is 1.35. The van der Waals surface area contributed by atoms with E-state index in [9.17, 15) is 13.6 Å². The van der Waals surface area contributed by atoms with Gasteiger partial charge in [-0.05, 0) is 12.1 Å². The molecule has 0 aliphatic heterocycles. The molecule has 0 bridgehead atoms. The number of nitrogens with zero attached hydrogens (tertiary/aromatic N) is 1. The van der Waals surface area contributed by atoms with Gasteiger partial charge in [0, 0.05) is 13.1 Å². The lowest BCUT2D eigenvalue weighted by Gasteiger charge is -2.20. The van der Waals surface area contributed by atoms with Gasteiger partial charge in [0.05, 0.1) is 12.3 Å². The highest BCUT2D eigenvalue weighted by Gasteiger charge is 2.15. The summed E-state index contributed by atoms with van der Waals surface area (Å²) in [6.07, 6.45) is 1.47. The molecule has 6 heteroatoms. The van der Waals surface area contributed by atoms with E-state index in [1.807, 2.05) is 0 Å². The molecule has 0 saturated heterocycles. The predicted octanol–water partition coefficient (Wildman–Crippen LogP) is 1.98. The summed E-state index contributed by atoms with van der Waals surface area (Å²) in [6.45, 7) is 3.51. The van der Waals surface area contributed by atoms with E-state index in [0.29, 0.717) is 0 Å². The second-order valence-corrected chi connectivity index (χ2v) is 3.49. The van der Waals surface area contributed by atoms with Gasteiger partial charge in [-0.2, -0.15) is 0 Å². The Morgan fingerprint density at radius 3 is 2.83 bits per heavy atom. The molecule has 0 aliphatic carbocycles. The van der Waals surface area contributed by atoms with Gasteiger partial charge in [0.1, 0.15) is 0 Å². The fraction of sp³-hybridized carbons (Fsp3) is 0.250. The molecule has 1 rings (SSSR count). The van der Waals surface area contributed by atoms with Gasteiger partial charge in [-0.3, -0.25) is 0 Å². The molecule has 0 fully saturated rings. The van der Waals surface area contributed by atoms with Crippen molar-refractivity contribution in [1.82, 2.24) is 4.90 Å². The Morgan fingerprint density at radius 1 is 1.50 bits per heavy atom. The molecule has 0 spiro atoms. The molecule has 0 aromatic heterocycles. The molecule has 0 atom stereocenters. The number of rotatable bonds is 5. The molecule has 98 valence electrons. The zero-order valence-electron chi connectivity index (χ0n) is 9.70. The van der Waals surface area contributed by atoms with Crippen LogP contribution < -0.4 is 5.32 Å². The molecule has 0 aliphatic rings. The quantitative estimate of drug-likeness (QED) is 0.791. The number of carbonyl (C=O) groups excluding carboxylic acids is 1. The standard InChI is InChI=1S/C12H14F2N2O2/c1-2-6-16(7-8-17)12(18)15-10-5-3-4-9(13)11(10)14/h2-5,17H,1,6-8H2,(H,15,18). The summed E-state index contributed by atoms with van der Waals surface area (Å²) in [4.78, 5) is 12.9. The summed E-state index contributed by atoms with van der Waals surface area (Å²) in [6, 6.07) is 2.87. The third-order valence-corrected chi connectivity index (χ3v) is 2.20. The minimum atomic E-state index is -1.12. The zero-order valence-corrected chi connectivity index (χ0v) is 9.70. The molecule has 0 saturated carbocycles. The summed E-state index contributed by atoms with van der Waals surface area (Å²) >= 11 is 0. The van der Waals surface area contributed by atoms with Crippen LogP contribution in [-0.2, 0) is 0 Å². The molecule has 1 aromatic rings. The highest BCUT2D eigenvalue weighted by molar-refractivity contribution is 5.89. The number of urea groups is 1. The predicted molar refractivity (Wildman–Crippen MR) is 64.2 cm³/mol. The first-order valence-electron chi connectivity index (χ1n) is 5.31. The number of amides is 2. The third kappa shape index (κ3) is 3.53. The number of benzene rings is 1. The molecule has 2 N–H and O–H groups in total. The van der Waals surface area contributed by atoms with Crippen LogP contribution in [0.3, 0.4) is 0 Å². The van der Waals surface area contributed by atoms with E-state index in [-0.39, 0.29) is 25.4 Å². The third-order valence-electron chi connectivity index (χ3n) is 2.20. The van der Waals surface area contributed by atoms with Crippen LogP contribution in [0.2, 0.25) is 0 Å². The largest absolute Gasteiger partial charge is 0.395 e. The normalized spacial score (nSPS) is 9.94. The molecule has 0 unspecified atom stereocenters. The van der Waals surface area contributed by atoms with Gasteiger partial charge >= 0.3 is 6.03 Å². The van der Waals surface area contributed by atoms with Crippen LogP contribution in [0.15, 0.2) is 30.9 Å². The Balaban J connectivity index is 2.78. The molecule has 0 heterocycles. The lowest BCUT2D eigenvalue weighted by atomic mass is 10.3. The SMILES string of the molecule is C=CCN(CCO)C(=O)Nc1cccc(F)c1F. The molecule has 1 aromatic carbocycles. The van der Waals surface area contributed by atoms with E-state index < -0.39 is 17.7 Å². The smallest absolute Gasteiger partial charge is 0.322 e. The molecular weight excluding hydrogens is 242 g/mol. The average Bonchev–Trinajstić information content (AvgIpc) is 2.34. The van der Waals surface area contributed by atoms with E-state index in [0.717, 1.165) is 6.07 Å². The maximum absolute atomic E-state index is 13.3. The van der Waals surface area contributed by atoms with Crippen LogP contribution in [0.4, 0.5) is 19.3 Å². The zero-order chi connectivity index (χ0) is 13.5. The van der Waals surface area contributed by atoms with Gasteiger partial charge < -0.3 is 15.3 Å². The van der Waals surface area contributed by atoms with Crippen LogP contribution in [0.5, 0.6) is 0 Å². The van der Waals surface area contributed by atoms with E-state index in [1.165, 1.54) is 23.1 Å². The van der Waals surface area contributed by atoms with Crippen LogP contribution in [-0.4, -0.2) is 35.7 Å². The number of aliphatic hydroxyl groups is 1. The van der Waals surface area contributed by atoms with E-state index in [1.54, 1.807) is 0 Å². The number of hydrogen-bond acceptors (Lipinski definition) is 2. The monoisotopic (exact) mass is 256 g/mol. The van der Waals surface area contributed by atoms with Gasteiger partial charge in [-0.1, -0.05) is 12.1 Å². The fourth-order valence-corrected chi connectivity index (χ4v) is 1.35. The maximum atomic E-state index is 13.3. The molecule has 2 amide bonds. The number of nitrogens with one attached hydrogen (secondary N) is 1. The molecule has 4 nitrogen and oxygen atoms in total. The summed E-state index contributed by atoms with van der Waals surface area (Å²) in [7, 11) is 0. The number of aliphatic hydroxyl groups excluding tert-OH is 1. The van der Waals surface area contributed by atoms with Crippen molar-refractivity contribution < 1.29 is 18.7 Å². The molecule has 18 heavy (non-hydrogen) atoms. The van der Waals surface area contributed by atoms with Crippen molar-refractivity contribution in [2.75, 3.05) is 25.0 Å². The summed E-state index contributed by atoms with van der Waals surface area (Å²) in [5, 5.41) is 11.0. The lowest BCUT2D eigenvalue weighted by Crippen LogP contribution is -2.37. The number of anilines is 1. The van der Waals surface area contributed by atoms with Crippen molar-refractivity contribution in [2.45, 2.75) is 0 Å². The Bertz CT molecular complexity index is 438. The van der Waals surface area contributed by atoms with E-state index in [4.69, 9.17) is 5.11 Å². The lowest BCUT2D eigenvalue weighted by molar-refractivity contribution is 0.195. The van der Waals surface area contributed by atoms with Gasteiger partial charge in [0.2, 0.25) is 0 Å². The van der Waals surface area contributed by atoms with Crippen molar-refractivity contribution in [3.8, 4) is 0 Å². The number of halogens is 2. The Hall–Kier alpha value is -1.95. The van der Waals surface area contributed by atoms with Crippen LogP contribution in [0.1, 0.15) is 0 Å². The summed E-state index contributed by atoms with van der Waals surface area (Å²) < 4.78 is 26.3. The van der Waals surface area contributed by atoms with Crippen LogP contribution in [0, 0.1) is 11.6 Å². The van der Waals surface area contributed by atoms with E-state index >= 15 is 0 Å². The van der Waals surface area contributed by atoms with Crippen molar-refractivity contribution in [1.29, 1.82) is 0 Å². The minimum absolute atomic E-state index is 0.0782. The second kappa shape index (κ2) is 6.70. The van der Waals surface area contributed by atoms with Gasteiger partial charge in [0.25, 0.3) is 0 Å². The Morgan fingerprint density at radius 2 is 2.22 bits per heavy atom. The minimum Gasteiger partial charge on any atom is -0.395 e. The molecule has 0 radical (unpaired) electrons. The molecular formula is C12H14F2N2O2. The maximum Gasteiger partial charge on any atom is 0.322 e. The first kappa shape index (κ1) is 14.1. The first-order valence-corrected chi connectivity index (χ1v) is 5.31. The van der Waals surface area contributed by atoms with Crippen molar-refractivity contribution >= 4 is 11.7 Å². The van der Waals surface area contributed by atoms with Gasteiger partial charge in [-0.25, -0.2) is 13.6 Å². The van der Waals surface area contributed by atoms with Crippen LogP contribution >= 0.6 is 0 Å². The number of hydrogen-bond donors (Lipinski definition) is 2. The second-order valence-electron chi connectivity index (χ2n) is 3.49. The van der Waals surface area contributed by atoms with Crippen LogP contribution in [0.25, 0.3) is 0 Å². The average molecular weight is 256 g/mol. The first-order chi connectivity index (χ1) is 8.60. The summed E-state index contributed by atoms with van der Waals surface area (Å²) in [5.74, 6) is -2.15. The van der Waals surface area contributed by atoms with Crippen molar-refractivity contribution in [3.05, 3.63) is 42.5 Å². The highest BCUT2D eigenvalue weighted by Crippen LogP contribution is 2.16. The van der Waals surface area contributed by atoms with Crippen molar-refractivity contribution in [3.63, 3.8) is 0 Å². The van der Waals surface area contributed by atoms with E-state index in [2.05, 4.69) is 11.9 Å². The number of carbonyl (C=O) groups is 1.